The molecule has 0 saturated heterocycles. The molecule has 3 heteroatoms. The number of aryl methyl sites for hydroxylation is 2. The average molecular weight is 268 g/mol. The number of para-hydroxylation sites is 1. The highest BCUT2D eigenvalue weighted by atomic mass is 16.1. The Morgan fingerprint density at radius 3 is 2.30 bits per heavy atom. The van der Waals surface area contributed by atoms with Crippen LogP contribution in [0.2, 0.25) is 0 Å². The van der Waals surface area contributed by atoms with Crippen molar-refractivity contribution in [2.24, 2.45) is 0 Å². The van der Waals surface area contributed by atoms with E-state index < -0.39 is 0 Å². The van der Waals surface area contributed by atoms with Crippen LogP contribution in [-0.4, -0.2) is 10.8 Å². The molecule has 0 fully saturated rings. The molecule has 104 valence electrons. The van der Waals surface area contributed by atoms with Crippen molar-refractivity contribution in [1.29, 1.82) is 0 Å². The zero-order valence-electron chi connectivity index (χ0n) is 12.4. The molecule has 1 unspecified atom stereocenters. The van der Waals surface area contributed by atoms with Crippen molar-refractivity contribution in [2.45, 2.75) is 33.7 Å². The molecule has 0 saturated carbocycles. The first-order chi connectivity index (χ1) is 9.49. The highest BCUT2D eigenvalue weighted by molar-refractivity contribution is 5.92. The number of carbonyl (C=O) groups is 1. The minimum absolute atomic E-state index is 0.00822. The fourth-order valence-electron chi connectivity index (χ4n) is 2.22. The number of hydrogen-bond donors (Lipinski definition) is 1. The fraction of sp³-hybridized carbons (Fsp3) is 0.294. The number of anilines is 1. The van der Waals surface area contributed by atoms with Gasteiger partial charge in [0, 0.05) is 12.6 Å². The number of rotatable bonds is 4. The lowest BCUT2D eigenvalue weighted by atomic mass is 10.1. The van der Waals surface area contributed by atoms with E-state index in [9.17, 15) is 4.79 Å². The van der Waals surface area contributed by atoms with Crippen molar-refractivity contribution in [1.82, 2.24) is 4.98 Å². The van der Waals surface area contributed by atoms with Crippen LogP contribution in [0.15, 0.2) is 36.4 Å². The molecule has 0 aliphatic rings. The lowest BCUT2D eigenvalue weighted by Gasteiger charge is -2.19. The summed E-state index contributed by atoms with van der Waals surface area (Å²) in [6, 6.07) is 11.8. The van der Waals surface area contributed by atoms with Crippen LogP contribution in [0, 0.1) is 13.8 Å². The van der Waals surface area contributed by atoms with Crippen molar-refractivity contribution in [3.05, 3.63) is 58.9 Å². The molecule has 1 aromatic heterocycles. The number of carbonyl (C=O) groups excluding carboxylic acids is 1. The van der Waals surface area contributed by atoms with E-state index in [0.717, 1.165) is 11.4 Å². The van der Waals surface area contributed by atoms with Gasteiger partial charge < -0.3 is 5.32 Å². The Hall–Kier alpha value is -2.16. The zero-order valence-corrected chi connectivity index (χ0v) is 12.4. The third-order valence-electron chi connectivity index (χ3n) is 3.42. The first kappa shape index (κ1) is 14.3. The maximum Gasteiger partial charge on any atom is 0.178 e. The van der Waals surface area contributed by atoms with Gasteiger partial charge in [-0.05, 0) is 44.0 Å². The number of ketones is 1. The summed E-state index contributed by atoms with van der Waals surface area (Å²) in [4.78, 5) is 15.8. The largest absolute Gasteiger partial charge is 0.377 e. The molecule has 0 bridgehead atoms. The number of Topliss-reactive ketones (excluding diaryl/α,β-unsaturated/α-hetero) is 1. The van der Waals surface area contributed by atoms with Crippen LogP contribution < -0.4 is 5.32 Å². The summed E-state index contributed by atoms with van der Waals surface area (Å²) in [5.74, 6) is -0.00822. The predicted molar refractivity (Wildman–Crippen MR) is 82.2 cm³/mol. The monoisotopic (exact) mass is 268 g/mol. The summed E-state index contributed by atoms with van der Waals surface area (Å²) in [7, 11) is 0. The predicted octanol–water partition coefficient (Wildman–Crippen LogP) is 4.07. The Morgan fingerprint density at radius 2 is 1.70 bits per heavy atom. The average Bonchev–Trinajstić information content (AvgIpc) is 2.43. The number of nitrogens with one attached hydrogen (secondary N) is 1. The van der Waals surface area contributed by atoms with Gasteiger partial charge in [-0.3, -0.25) is 4.79 Å². The Balaban J connectivity index is 2.26. The van der Waals surface area contributed by atoms with Gasteiger partial charge in [0.1, 0.15) is 5.69 Å². The van der Waals surface area contributed by atoms with Crippen LogP contribution >= 0.6 is 0 Å². The highest BCUT2D eigenvalue weighted by Crippen LogP contribution is 2.24. The second kappa shape index (κ2) is 5.87. The molecule has 2 aromatic rings. The van der Waals surface area contributed by atoms with Crippen molar-refractivity contribution in [2.75, 3.05) is 5.32 Å². The van der Waals surface area contributed by atoms with Gasteiger partial charge in [0.05, 0.1) is 11.7 Å². The van der Waals surface area contributed by atoms with E-state index in [4.69, 9.17) is 0 Å². The van der Waals surface area contributed by atoms with E-state index in [1.165, 1.54) is 18.1 Å². The van der Waals surface area contributed by atoms with Crippen LogP contribution in [0.1, 0.15) is 47.2 Å². The van der Waals surface area contributed by atoms with E-state index in [2.05, 4.69) is 49.3 Å². The molecule has 1 aromatic carbocycles. The minimum Gasteiger partial charge on any atom is -0.377 e. The van der Waals surface area contributed by atoms with E-state index >= 15 is 0 Å². The molecule has 0 aliphatic carbocycles. The van der Waals surface area contributed by atoms with Crippen molar-refractivity contribution in [3.63, 3.8) is 0 Å². The number of nitrogens with zero attached hydrogens (tertiary/aromatic N) is 1. The van der Waals surface area contributed by atoms with E-state index in [1.54, 1.807) is 6.07 Å². The number of aromatic nitrogens is 1. The van der Waals surface area contributed by atoms with Crippen LogP contribution in [0.3, 0.4) is 0 Å². The Labute approximate surface area is 120 Å². The normalized spacial score (nSPS) is 12.0. The Bertz CT molecular complexity index is 614. The highest BCUT2D eigenvalue weighted by Gasteiger charge is 2.11. The number of pyridine rings is 1. The van der Waals surface area contributed by atoms with E-state index in [1.807, 2.05) is 12.1 Å². The van der Waals surface area contributed by atoms with Crippen LogP contribution in [0.25, 0.3) is 0 Å². The van der Waals surface area contributed by atoms with Gasteiger partial charge in [-0.1, -0.05) is 24.3 Å². The molecule has 0 aliphatic heterocycles. The summed E-state index contributed by atoms with van der Waals surface area (Å²) in [5, 5.41) is 3.49. The van der Waals surface area contributed by atoms with Crippen molar-refractivity contribution < 1.29 is 4.79 Å². The van der Waals surface area contributed by atoms with Gasteiger partial charge in [-0.2, -0.15) is 0 Å². The van der Waals surface area contributed by atoms with Crippen molar-refractivity contribution in [3.8, 4) is 0 Å². The topological polar surface area (TPSA) is 42.0 Å². The summed E-state index contributed by atoms with van der Waals surface area (Å²) < 4.78 is 0. The van der Waals surface area contributed by atoms with Gasteiger partial charge in [0.2, 0.25) is 0 Å². The molecule has 20 heavy (non-hydrogen) atoms. The SMILES string of the molecule is CC(=O)c1cccc(C(C)Nc2c(C)cccc2C)n1. The third-order valence-corrected chi connectivity index (χ3v) is 3.42. The molecule has 3 nitrogen and oxygen atoms in total. The fourth-order valence-corrected chi connectivity index (χ4v) is 2.22. The lowest BCUT2D eigenvalue weighted by molar-refractivity contribution is 0.101. The first-order valence-electron chi connectivity index (χ1n) is 6.79. The zero-order chi connectivity index (χ0) is 14.7. The smallest absolute Gasteiger partial charge is 0.178 e. The summed E-state index contributed by atoms with van der Waals surface area (Å²) >= 11 is 0. The quantitative estimate of drug-likeness (QED) is 0.850. The van der Waals surface area contributed by atoms with Crippen LogP contribution in [0.5, 0.6) is 0 Å². The van der Waals surface area contributed by atoms with Crippen LogP contribution in [0.4, 0.5) is 5.69 Å². The molecular formula is C17H20N2O. The van der Waals surface area contributed by atoms with Gasteiger partial charge in [0.15, 0.2) is 5.78 Å². The summed E-state index contributed by atoms with van der Waals surface area (Å²) in [6.07, 6.45) is 0. The lowest BCUT2D eigenvalue weighted by Crippen LogP contribution is -2.12. The second-order valence-electron chi connectivity index (χ2n) is 5.14. The van der Waals surface area contributed by atoms with Crippen LogP contribution in [-0.2, 0) is 0 Å². The molecule has 1 atom stereocenters. The summed E-state index contributed by atoms with van der Waals surface area (Å²) in [6.45, 7) is 7.76. The Morgan fingerprint density at radius 1 is 1.10 bits per heavy atom. The molecule has 0 spiro atoms. The molecule has 1 N–H and O–H groups in total. The van der Waals surface area contributed by atoms with E-state index in [0.29, 0.717) is 5.69 Å². The molecular weight excluding hydrogens is 248 g/mol. The standard InChI is InChI=1S/C17H20N2O/c1-11-7-5-8-12(2)17(11)18-13(3)15-9-6-10-16(19-15)14(4)20/h5-10,13,18H,1-4H3. The minimum atomic E-state index is -0.00822. The van der Waals surface area contributed by atoms with Crippen molar-refractivity contribution >= 4 is 11.5 Å². The molecule has 0 radical (unpaired) electrons. The Kier molecular flexibility index (Phi) is 4.18. The van der Waals surface area contributed by atoms with Gasteiger partial charge in [-0.15, -0.1) is 0 Å². The summed E-state index contributed by atoms with van der Waals surface area (Å²) in [5.41, 5.74) is 4.94. The molecule has 1 heterocycles. The van der Waals surface area contributed by atoms with Gasteiger partial charge in [-0.25, -0.2) is 4.98 Å². The molecule has 0 amide bonds. The van der Waals surface area contributed by atoms with Gasteiger partial charge in [0.25, 0.3) is 0 Å². The van der Waals surface area contributed by atoms with Gasteiger partial charge >= 0.3 is 0 Å². The van der Waals surface area contributed by atoms with E-state index in [-0.39, 0.29) is 11.8 Å². The second-order valence-corrected chi connectivity index (χ2v) is 5.14. The number of benzene rings is 1. The maximum atomic E-state index is 11.4. The molecule has 2 rings (SSSR count). The first-order valence-corrected chi connectivity index (χ1v) is 6.79. The maximum absolute atomic E-state index is 11.4. The third kappa shape index (κ3) is 3.05. The number of hydrogen-bond acceptors (Lipinski definition) is 3.